The molecule has 2 aromatic heterocycles. The quantitative estimate of drug-likeness (QED) is 0.435. The van der Waals surface area contributed by atoms with Crippen molar-refractivity contribution in [1.82, 2.24) is 14.9 Å². The molecule has 0 atom stereocenters. The fourth-order valence-electron chi connectivity index (χ4n) is 2.86. The van der Waals surface area contributed by atoms with Crippen molar-refractivity contribution in [2.45, 2.75) is 11.4 Å². The van der Waals surface area contributed by atoms with E-state index in [1.165, 1.54) is 30.5 Å². The molecule has 2 heterocycles. The lowest BCUT2D eigenvalue weighted by Gasteiger charge is -2.09. The van der Waals surface area contributed by atoms with E-state index in [1.807, 2.05) is 0 Å². The Labute approximate surface area is 170 Å². The zero-order valence-electron chi connectivity index (χ0n) is 15.5. The molecule has 9 nitrogen and oxygen atoms in total. The summed E-state index contributed by atoms with van der Waals surface area (Å²) in [6.45, 7) is 0.0266. The molecular formula is C20H16N4O5S. The Balaban J connectivity index is 1.50. The highest BCUT2D eigenvalue weighted by atomic mass is 32.2. The summed E-state index contributed by atoms with van der Waals surface area (Å²) in [5.41, 5.74) is 0.0443. The van der Waals surface area contributed by atoms with Gasteiger partial charge in [0.1, 0.15) is 5.76 Å². The summed E-state index contributed by atoms with van der Waals surface area (Å²) in [5.74, 6) is -0.0444. The van der Waals surface area contributed by atoms with Crippen LogP contribution < -0.4 is 15.6 Å². The average Bonchev–Trinajstić information content (AvgIpc) is 3.27. The number of hydrogen-bond donors (Lipinski definition) is 3. The number of fused-ring (bicyclic) bond motifs is 1. The molecule has 0 fully saturated rings. The van der Waals surface area contributed by atoms with Gasteiger partial charge < -0.3 is 9.73 Å². The van der Waals surface area contributed by atoms with Gasteiger partial charge in [-0.05, 0) is 42.5 Å². The smallest absolute Gasteiger partial charge is 0.276 e. The van der Waals surface area contributed by atoms with Gasteiger partial charge in [0, 0.05) is 11.1 Å². The molecule has 152 valence electrons. The average molecular weight is 424 g/mol. The summed E-state index contributed by atoms with van der Waals surface area (Å²) in [5, 5.41) is 9.56. The maximum Gasteiger partial charge on any atom is 0.276 e. The van der Waals surface area contributed by atoms with Crippen LogP contribution in [-0.4, -0.2) is 24.5 Å². The number of hydrogen-bond acceptors (Lipinski definition) is 6. The molecule has 0 saturated carbocycles. The molecule has 0 aliphatic rings. The third-order valence-corrected chi connectivity index (χ3v) is 5.77. The monoisotopic (exact) mass is 424 g/mol. The second-order valence-electron chi connectivity index (χ2n) is 6.33. The third kappa shape index (κ3) is 4.00. The van der Waals surface area contributed by atoms with E-state index in [2.05, 4.69) is 20.2 Å². The largest absolute Gasteiger partial charge is 0.468 e. The van der Waals surface area contributed by atoms with Crippen molar-refractivity contribution in [3.8, 4) is 0 Å². The van der Waals surface area contributed by atoms with E-state index < -0.39 is 21.5 Å². The summed E-state index contributed by atoms with van der Waals surface area (Å²) in [4.78, 5) is 24.5. The number of aromatic amines is 1. The Hall–Kier alpha value is -3.76. The number of sulfonamides is 1. The number of amides is 1. The van der Waals surface area contributed by atoms with Gasteiger partial charge in [0.05, 0.1) is 23.1 Å². The molecule has 0 aliphatic carbocycles. The van der Waals surface area contributed by atoms with Crippen molar-refractivity contribution in [1.29, 1.82) is 0 Å². The first-order chi connectivity index (χ1) is 14.4. The number of nitrogens with zero attached hydrogens (tertiary/aromatic N) is 1. The van der Waals surface area contributed by atoms with Crippen LogP contribution in [0.25, 0.3) is 10.8 Å². The van der Waals surface area contributed by atoms with Crippen LogP contribution in [0.1, 0.15) is 16.2 Å². The third-order valence-electron chi connectivity index (χ3n) is 4.35. The normalized spacial score (nSPS) is 11.5. The van der Waals surface area contributed by atoms with Crippen LogP contribution in [0, 0.1) is 0 Å². The van der Waals surface area contributed by atoms with Crippen molar-refractivity contribution >= 4 is 32.4 Å². The van der Waals surface area contributed by atoms with E-state index in [0.29, 0.717) is 22.2 Å². The number of anilines is 1. The Morgan fingerprint density at radius 1 is 1.00 bits per heavy atom. The minimum atomic E-state index is -3.74. The summed E-state index contributed by atoms with van der Waals surface area (Å²) >= 11 is 0. The summed E-state index contributed by atoms with van der Waals surface area (Å²) in [6.07, 6.45) is 1.46. The van der Waals surface area contributed by atoms with Crippen LogP contribution in [0.4, 0.5) is 5.69 Å². The number of carbonyl (C=O) groups is 1. The SMILES string of the molecule is O=C(Nc1ccc(S(=O)(=O)NCc2ccco2)cc1)c1n[nH]c(=O)c2ccccc12. The fourth-order valence-corrected chi connectivity index (χ4v) is 3.85. The molecule has 0 spiro atoms. The van der Waals surface area contributed by atoms with Crippen molar-refractivity contribution in [3.05, 3.63) is 88.7 Å². The maximum absolute atomic E-state index is 12.6. The standard InChI is InChI=1S/C20H16N4O5S/c25-19-17-6-2-1-5-16(17)18(23-24-19)20(26)22-13-7-9-15(10-8-13)30(27,28)21-12-14-4-3-11-29-14/h1-11,21H,12H2,(H,22,26)(H,24,25). The molecule has 0 radical (unpaired) electrons. The lowest BCUT2D eigenvalue weighted by atomic mass is 10.1. The molecule has 0 saturated heterocycles. The van der Waals surface area contributed by atoms with Crippen molar-refractivity contribution in [3.63, 3.8) is 0 Å². The number of rotatable bonds is 6. The van der Waals surface area contributed by atoms with E-state index in [4.69, 9.17) is 4.42 Å². The van der Waals surface area contributed by atoms with E-state index in [9.17, 15) is 18.0 Å². The van der Waals surface area contributed by atoms with Gasteiger partial charge in [-0.3, -0.25) is 9.59 Å². The first-order valence-electron chi connectivity index (χ1n) is 8.85. The Bertz CT molecular complexity index is 1360. The molecule has 0 aliphatic heterocycles. The minimum absolute atomic E-state index is 0.0266. The van der Waals surface area contributed by atoms with Crippen LogP contribution >= 0.6 is 0 Å². The topological polar surface area (TPSA) is 134 Å². The predicted molar refractivity (Wildman–Crippen MR) is 109 cm³/mol. The van der Waals surface area contributed by atoms with Gasteiger partial charge in [0.25, 0.3) is 11.5 Å². The molecule has 0 unspecified atom stereocenters. The molecule has 30 heavy (non-hydrogen) atoms. The molecule has 10 heteroatoms. The fraction of sp³-hybridized carbons (Fsp3) is 0.0500. The number of H-pyrrole nitrogens is 1. The van der Waals surface area contributed by atoms with E-state index >= 15 is 0 Å². The van der Waals surface area contributed by atoms with Crippen LogP contribution in [0.2, 0.25) is 0 Å². The van der Waals surface area contributed by atoms with Gasteiger partial charge >= 0.3 is 0 Å². The number of carbonyl (C=O) groups excluding carboxylic acids is 1. The van der Waals surface area contributed by atoms with Crippen LogP contribution in [0.15, 0.2) is 81.0 Å². The zero-order chi connectivity index (χ0) is 21.1. The molecule has 1 amide bonds. The molecule has 4 rings (SSSR count). The van der Waals surface area contributed by atoms with Crippen LogP contribution in [-0.2, 0) is 16.6 Å². The number of benzene rings is 2. The Morgan fingerprint density at radius 2 is 1.73 bits per heavy atom. The van der Waals surface area contributed by atoms with Gasteiger partial charge in [-0.25, -0.2) is 18.2 Å². The van der Waals surface area contributed by atoms with E-state index in [0.717, 1.165) is 0 Å². The highest BCUT2D eigenvalue weighted by Crippen LogP contribution is 2.17. The summed E-state index contributed by atoms with van der Waals surface area (Å²) < 4.78 is 32.3. The zero-order valence-corrected chi connectivity index (χ0v) is 16.3. The van der Waals surface area contributed by atoms with Gasteiger partial charge in [0.2, 0.25) is 10.0 Å². The highest BCUT2D eigenvalue weighted by Gasteiger charge is 2.16. The van der Waals surface area contributed by atoms with Crippen molar-refractivity contribution < 1.29 is 17.6 Å². The molecule has 4 aromatic rings. The molecule has 2 aromatic carbocycles. The van der Waals surface area contributed by atoms with E-state index in [-0.39, 0.29) is 17.1 Å². The molecular weight excluding hydrogens is 408 g/mol. The van der Waals surface area contributed by atoms with Gasteiger partial charge in [-0.15, -0.1) is 0 Å². The van der Waals surface area contributed by atoms with Gasteiger partial charge in [-0.1, -0.05) is 18.2 Å². The second-order valence-corrected chi connectivity index (χ2v) is 8.10. The highest BCUT2D eigenvalue weighted by molar-refractivity contribution is 7.89. The molecule has 3 N–H and O–H groups in total. The first kappa shape index (κ1) is 19.6. The first-order valence-corrected chi connectivity index (χ1v) is 10.3. The number of furan rings is 1. The summed E-state index contributed by atoms with van der Waals surface area (Å²) in [7, 11) is -3.74. The Morgan fingerprint density at radius 3 is 2.43 bits per heavy atom. The van der Waals surface area contributed by atoms with Crippen LogP contribution in [0.5, 0.6) is 0 Å². The number of aromatic nitrogens is 2. The minimum Gasteiger partial charge on any atom is -0.468 e. The van der Waals surface area contributed by atoms with Crippen LogP contribution in [0.3, 0.4) is 0 Å². The van der Waals surface area contributed by atoms with Crippen molar-refractivity contribution in [2.75, 3.05) is 5.32 Å². The predicted octanol–water partition coefficient (Wildman–Crippen LogP) is 2.25. The van der Waals surface area contributed by atoms with Gasteiger partial charge in [0.15, 0.2) is 5.69 Å². The van der Waals surface area contributed by atoms with E-state index in [1.54, 1.807) is 36.4 Å². The van der Waals surface area contributed by atoms with Crippen molar-refractivity contribution in [2.24, 2.45) is 0 Å². The lowest BCUT2D eigenvalue weighted by molar-refractivity contribution is 0.102. The number of nitrogens with one attached hydrogen (secondary N) is 3. The Kier molecular flexibility index (Phi) is 5.17. The second kappa shape index (κ2) is 7.93. The molecule has 0 bridgehead atoms. The van der Waals surface area contributed by atoms with Gasteiger partial charge in [-0.2, -0.15) is 5.10 Å². The lowest BCUT2D eigenvalue weighted by Crippen LogP contribution is -2.23. The maximum atomic E-state index is 12.6. The summed E-state index contributed by atoms with van der Waals surface area (Å²) in [6, 6.07) is 15.6.